The fourth-order valence-corrected chi connectivity index (χ4v) is 4.21. The van der Waals surface area contributed by atoms with Gasteiger partial charge in [-0.1, -0.05) is 24.3 Å². The second kappa shape index (κ2) is 12.1. The maximum Gasteiger partial charge on any atom is 0.416 e. The first-order valence-corrected chi connectivity index (χ1v) is 12.3. The van der Waals surface area contributed by atoms with Gasteiger partial charge in [-0.15, -0.1) is 0 Å². The van der Waals surface area contributed by atoms with Crippen molar-refractivity contribution in [1.29, 1.82) is 0 Å². The van der Waals surface area contributed by atoms with E-state index in [0.29, 0.717) is 30.5 Å². The van der Waals surface area contributed by atoms with E-state index >= 15 is 0 Å². The minimum Gasteiger partial charge on any atom is -0.459 e. The Morgan fingerprint density at radius 2 is 1.76 bits per heavy atom. The highest BCUT2D eigenvalue weighted by Crippen LogP contribution is 2.38. The molecular weight excluding hydrogens is 513 g/mol. The van der Waals surface area contributed by atoms with Crippen LogP contribution in [0.3, 0.4) is 0 Å². The van der Waals surface area contributed by atoms with E-state index in [1.54, 1.807) is 38.1 Å². The van der Waals surface area contributed by atoms with Crippen molar-refractivity contribution in [3.8, 4) is 0 Å². The molecule has 1 aliphatic rings. The zero-order chi connectivity index (χ0) is 28.1. The molecule has 0 bridgehead atoms. The van der Waals surface area contributed by atoms with Crippen LogP contribution in [0.4, 0.5) is 26.7 Å². The van der Waals surface area contributed by atoms with Gasteiger partial charge < -0.3 is 19.5 Å². The summed E-state index contributed by atoms with van der Waals surface area (Å²) in [6.07, 6.45) is -7.59. The molecule has 1 amide bonds. The molecule has 6 nitrogen and oxygen atoms in total. The topological polar surface area (TPSA) is 76.1 Å². The number of hydrogen-bond donors (Lipinski definition) is 1. The van der Waals surface area contributed by atoms with Crippen molar-refractivity contribution in [3.05, 3.63) is 70.8 Å². The van der Waals surface area contributed by atoms with Gasteiger partial charge in [0, 0.05) is 24.6 Å². The van der Waals surface area contributed by atoms with E-state index in [1.807, 2.05) is 0 Å². The molecule has 208 valence electrons. The number of benzene rings is 2. The van der Waals surface area contributed by atoms with Crippen LogP contribution in [0.1, 0.15) is 60.2 Å². The number of esters is 1. The fraction of sp³-hybridized carbons (Fsp3) is 0.481. The highest BCUT2D eigenvalue weighted by atomic mass is 19.4. The summed E-state index contributed by atoms with van der Waals surface area (Å²) in [5.74, 6) is -4.37. The molecule has 0 unspecified atom stereocenters. The Hall–Kier alpha value is -3.21. The van der Waals surface area contributed by atoms with Crippen molar-refractivity contribution in [2.24, 2.45) is 0 Å². The molecule has 1 saturated heterocycles. The SMILES string of the molecule is CC(C)OC(=O)c1ccc(CCN2C(=O)OCC[C@@H]2CC[C@@H](O)C(F)(F)c2cccc(C(F)(F)F)c2)cc1. The molecule has 0 radical (unpaired) electrons. The van der Waals surface area contributed by atoms with Crippen LogP contribution in [0, 0.1) is 0 Å². The molecule has 1 heterocycles. The fourth-order valence-electron chi connectivity index (χ4n) is 4.21. The number of carbonyl (C=O) groups is 2. The van der Waals surface area contributed by atoms with E-state index in [9.17, 15) is 36.6 Å². The lowest BCUT2D eigenvalue weighted by Gasteiger charge is -2.36. The van der Waals surface area contributed by atoms with Gasteiger partial charge in [-0.25, -0.2) is 9.59 Å². The van der Waals surface area contributed by atoms with Gasteiger partial charge in [0.2, 0.25) is 0 Å². The molecule has 0 aliphatic carbocycles. The van der Waals surface area contributed by atoms with Crippen molar-refractivity contribution in [3.63, 3.8) is 0 Å². The summed E-state index contributed by atoms with van der Waals surface area (Å²) in [7, 11) is 0. The standard InChI is InChI=1S/C27H30F5NO5/c1-17(2)38-24(35)19-8-6-18(7-9-19)12-14-33-22(13-15-37-25(33)36)10-11-23(34)26(28,29)20-4-3-5-21(16-20)27(30,31)32/h3-9,16-17,22-23,34H,10-15H2,1-2H3/t22-,23+/m0/s1. The molecule has 11 heteroatoms. The Kier molecular flexibility index (Phi) is 9.35. The summed E-state index contributed by atoms with van der Waals surface area (Å²) < 4.78 is 78.7. The second-order valence-electron chi connectivity index (χ2n) is 9.45. The van der Waals surface area contributed by atoms with Gasteiger partial charge >= 0.3 is 18.2 Å². The summed E-state index contributed by atoms with van der Waals surface area (Å²) >= 11 is 0. The minimum atomic E-state index is -4.79. The Bertz CT molecular complexity index is 1100. The lowest BCUT2D eigenvalue weighted by molar-refractivity contribution is -0.139. The van der Waals surface area contributed by atoms with Crippen LogP contribution in [0.15, 0.2) is 48.5 Å². The summed E-state index contributed by atoms with van der Waals surface area (Å²) in [5.41, 5.74) is -0.957. The van der Waals surface area contributed by atoms with Crippen molar-refractivity contribution in [1.82, 2.24) is 4.90 Å². The monoisotopic (exact) mass is 543 g/mol. The molecule has 2 atom stereocenters. The van der Waals surface area contributed by atoms with Gasteiger partial charge in [0.15, 0.2) is 0 Å². The van der Waals surface area contributed by atoms with Gasteiger partial charge in [0.25, 0.3) is 5.92 Å². The van der Waals surface area contributed by atoms with Crippen molar-refractivity contribution < 1.29 is 46.1 Å². The zero-order valence-corrected chi connectivity index (χ0v) is 21.0. The van der Waals surface area contributed by atoms with Crippen molar-refractivity contribution >= 4 is 12.1 Å². The van der Waals surface area contributed by atoms with E-state index in [4.69, 9.17) is 9.47 Å². The number of amides is 1. The molecule has 3 rings (SSSR count). The molecule has 1 aliphatic heterocycles. The Morgan fingerprint density at radius 1 is 1.11 bits per heavy atom. The Labute approximate surface area is 217 Å². The van der Waals surface area contributed by atoms with E-state index in [-0.39, 0.29) is 25.7 Å². The van der Waals surface area contributed by atoms with Gasteiger partial charge in [0.1, 0.15) is 6.10 Å². The van der Waals surface area contributed by atoms with Crippen LogP contribution >= 0.6 is 0 Å². The smallest absolute Gasteiger partial charge is 0.416 e. The van der Waals surface area contributed by atoms with Gasteiger partial charge in [-0.05, 0) is 62.9 Å². The van der Waals surface area contributed by atoms with E-state index in [0.717, 1.165) is 17.7 Å². The highest BCUT2D eigenvalue weighted by Gasteiger charge is 2.42. The largest absolute Gasteiger partial charge is 0.459 e. The second-order valence-corrected chi connectivity index (χ2v) is 9.45. The van der Waals surface area contributed by atoms with Gasteiger partial charge in [-0.3, -0.25) is 0 Å². The third-order valence-electron chi connectivity index (χ3n) is 6.29. The number of aliphatic hydroxyl groups is 1. The summed E-state index contributed by atoms with van der Waals surface area (Å²) in [6.45, 7) is 3.78. The van der Waals surface area contributed by atoms with E-state index in [1.165, 1.54) is 4.90 Å². The third kappa shape index (κ3) is 7.43. The molecule has 1 N–H and O–H groups in total. The van der Waals surface area contributed by atoms with Gasteiger partial charge in [0.05, 0.1) is 23.8 Å². The maximum absolute atomic E-state index is 14.8. The number of rotatable bonds is 10. The average molecular weight is 544 g/mol. The van der Waals surface area contributed by atoms with Crippen LogP contribution in [0.25, 0.3) is 0 Å². The number of carbonyl (C=O) groups excluding carboxylic acids is 2. The first-order chi connectivity index (χ1) is 17.8. The molecule has 2 aromatic carbocycles. The molecular formula is C27H30F5NO5. The number of halogens is 5. The zero-order valence-electron chi connectivity index (χ0n) is 21.0. The van der Waals surface area contributed by atoms with Crippen LogP contribution in [0.2, 0.25) is 0 Å². The molecule has 0 saturated carbocycles. The highest BCUT2D eigenvalue weighted by molar-refractivity contribution is 5.89. The summed E-state index contributed by atoms with van der Waals surface area (Å²) in [4.78, 5) is 25.8. The molecule has 2 aromatic rings. The average Bonchev–Trinajstić information content (AvgIpc) is 2.86. The predicted octanol–water partition coefficient (Wildman–Crippen LogP) is 5.96. The number of aliphatic hydroxyl groups excluding tert-OH is 1. The first-order valence-electron chi connectivity index (χ1n) is 12.3. The Balaban J connectivity index is 1.61. The molecule has 38 heavy (non-hydrogen) atoms. The lowest BCUT2D eigenvalue weighted by atomic mass is 9.95. The molecule has 1 fully saturated rings. The lowest BCUT2D eigenvalue weighted by Crippen LogP contribution is -2.47. The third-order valence-corrected chi connectivity index (χ3v) is 6.29. The van der Waals surface area contributed by atoms with Crippen LogP contribution < -0.4 is 0 Å². The number of alkyl halides is 5. The van der Waals surface area contributed by atoms with Crippen LogP contribution in [-0.4, -0.2) is 53.5 Å². The maximum atomic E-state index is 14.8. The quantitative estimate of drug-likeness (QED) is 0.296. The summed E-state index contributed by atoms with van der Waals surface area (Å²) in [5, 5.41) is 10.2. The number of cyclic esters (lactones) is 1. The van der Waals surface area contributed by atoms with Crippen LogP contribution in [-0.2, 0) is 28.0 Å². The normalized spacial score (nSPS) is 17.3. The molecule has 0 aromatic heterocycles. The number of ether oxygens (including phenoxy) is 2. The van der Waals surface area contributed by atoms with Crippen LogP contribution in [0.5, 0.6) is 0 Å². The van der Waals surface area contributed by atoms with E-state index in [2.05, 4.69) is 0 Å². The van der Waals surface area contributed by atoms with Crippen molar-refractivity contribution in [2.75, 3.05) is 13.2 Å². The molecule has 0 spiro atoms. The summed E-state index contributed by atoms with van der Waals surface area (Å²) in [6, 6.07) is 8.90. The van der Waals surface area contributed by atoms with E-state index < -0.39 is 53.9 Å². The Morgan fingerprint density at radius 3 is 2.39 bits per heavy atom. The predicted molar refractivity (Wildman–Crippen MR) is 128 cm³/mol. The number of nitrogens with zero attached hydrogens (tertiary/aromatic N) is 1. The number of hydrogen-bond acceptors (Lipinski definition) is 5. The minimum absolute atomic E-state index is 0.00476. The van der Waals surface area contributed by atoms with Crippen molar-refractivity contribution in [2.45, 2.75) is 69.9 Å². The first kappa shape index (κ1) is 29.3. The van der Waals surface area contributed by atoms with Gasteiger partial charge in [-0.2, -0.15) is 22.0 Å².